The fraction of sp³-hybridized carbons (Fsp3) is 0.214. The Morgan fingerprint density at radius 2 is 1.85 bits per heavy atom. The first-order chi connectivity index (χ1) is 19.0. The summed E-state index contributed by atoms with van der Waals surface area (Å²) in [6, 6.07) is 16.0. The van der Waals surface area contributed by atoms with E-state index in [1.165, 1.54) is 42.3 Å². The zero-order valence-electron chi connectivity index (χ0n) is 21.9. The summed E-state index contributed by atoms with van der Waals surface area (Å²) in [6.07, 6.45) is -0.243. The summed E-state index contributed by atoms with van der Waals surface area (Å²) in [5.41, 5.74) is 3.12. The van der Waals surface area contributed by atoms with Gasteiger partial charge in [-0.3, -0.25) is 24.6 Å². The molecule has 4 rings (SSSR count). The highest BCUT2D eigenvalue weighted by atomic mass is 32.2. The quantitative estimate of drug-likeness (QED) is 0.271. The van der Waals surface area contributed by atoms with Crippen LogP contribution in [0.5, 0.6) is 5.75 Å². The highest BCUT2D eigenvalue weighted by molar-refractivity contribution is 8.15. The van der Waals surface area contributed by atoms with E-state index < -0.39 is 22.0 Å². The highest BCUT2D eigenvalue weighted by Crippen LogP contribution is 2.35. The first-order valence-electron chi connectivity index (χ1n) is 12.1. The minimum atomic E-state index is -1.06. The molecule has 1 fully saturated rings. The molecule has 0 spiro atoms. The third-order valence-corrected chi connectivity index (χ3v) is 7.35. The van der Waals surface area contributed by atoms with Crippen molar-refractivity contribution in [3.8, 4) is 5.75 Å². The van der Waals surface area contributed by atoms with Gasteiger partial charge in [-0.25, -0.2) is 9.79 Å². The van der Waals surface area contributed by atoms with Crippen LogP contribution in [-0.2, 0) is 16.1 Å². The standard InChI is InChI=1S/C28H26N4O7S/c1-16-4-10-21(17(2)12-16)30-28-31(15-18-5-7-19(8-6-18)27(35)36)26(34)24(40-28)14-25(33)29-22-11-9-20(39-3)13-23(22)32(37)38/h4-13,24H,14-15H2,1-3H3,(H,29,33)(H,35,36)/t24-/m0/s1. The number of aliphatic imine (C=N–C) groups is 1. The van der Waals surface area contributed by atoms with Gasteiger partial charge < -0.3 is 15.2 Å². The van der Waals surface area contributed by atoms with Crippen molar-refractivity contribution in [1.29, 1.82) is 0 Å². The monoisotopic (exact) mass is 562 g/mol. The average molecular weight is 563 g/mol. The fourth-order valence-electron chi connectivity index (χ4n) is 4.10. The van der Waals surface area contributed by atoms with Crippen molar-refractivity contribution in [2.75, 3.05) is 12.4 Å². The molecule has 3 aromatic carbocycles. The molecular formula is C28H26N4O7S. The number of anilines is 1. The van der Waals surface area contributed by atoms with Crippen LogP contribution >= 0.6 is 11.8 Å². The van der Waals surface area contributed by atoms with Crippen molar-refractivity contribution < 1.29 is 29.2 Å². The van der Waals surface area contributed by atoms with Gasteiger partial charge in [0.2, 0.25) is 11.8 Å². The lowest BCUT2D eigenvalue weighted by molar-refractivity contribution is -0.384. The summed E-state index contributed by atoms with van der Waals surface area (Å²) >= 11 is 1.13. The smallest absolute Gasteiger partial charge is 0.335 e. The Morgan fingerprint density at radius 1 is 1.12 bits per heavy atom. The number of carbonyl (C=O) groups excluding carboxylic acids is 2. The number of carboxylic acid groups (broad SMARTS) is 1. The van der Waals surface area contributed by atoms with Gasteiger partial charge in [0.1, 0.15) is 16.7 Å². The van der Waals surface area contributed by atoms with Crippen LogP contribution in [0, 0.1) is 24.0 Å². The second-order valence-electron chi connectivity index (χ2n) is 9.11. The Kier molecular flexibility index (Phi) is 8.49. The molecular weight excluding hydrogens is 536 g/mol. The number of nitro groups is 1. The number of nitro benzene ring substituents is 1. The molecule has 206 valence electrons. The summed E-state index contributed by atoms with van der Waals surface area (Å²) in [5.74, 6) is -1.71. The molecule has 0 saturated carbocycles. The molecule has 1 saturated heterocycles. The van der Waals surface area contributed by atoms with Crippen LogP contribution in [0.25, 0.3) is 0 Å². The van der Waals surface area contributed by atoms with Gasteiger partial charge in [-0.15, -0.1) is 0 Å². The minimum Gasteiger partial charge on any atom is -0.496 e. The molecule has 0 unspecified atom stereocenters. The minimum absolute atomic E-state index is 0.00852. The fourth-order valence-corrected chi connectivity index (χ4v) is 5.25. The third kappa shape index (κ3) is 6.46. The van der Waals surface area contributed by atoms with Crippen LogP contribution in [-0.4, -0.2) is 50.2 Å². The largest absolute Gasteiger partial charge is 0.496 e. The SMILES string of the molecule is COc1ccc(NC(=O)C[C@@H]2SC(=Nc3ccc(C)cc3C)N(Cc3ccc(C(=O)O)cc3)C2=O)c([N+](=O)[O-])c1. The number of thioether (sulfide) groups is 1. The Bertz CT molecular complexity index is 1520. The Balaban J connectivity index is 1.59. The molecule has 40 heavy (non-hydrogen) atoms. The number of nitrogens with one attached hydrogen (secondary N) is 1. The topological polar surface area (TPSA) is 151 Å². The molecule has 11 nitrogen and oxygen atoms in total. The lowest BCUT2D eigenvalue weighted by Crippen LogP contribution is -2.33. The maximum atomic E-state index is 13.5. The number of hydrogen-bond acceptors (Lipinski definition) is 8. The average Bonchev–Trinajstić information content (AvgIpc) is 3.19. The van der Waals surface area contributed by atoms with Gasteiger partial charge in [0.15, 0.2) is 5.17 Å². The number of carboxylic acids is 1. The first-order valence-corrected chi connectivity index (χ1v) is 13.0. The molecule has 3 aromatic rings. The number of methoxy groups -OCH3 is 1. The Labute approximate surface area is 234 Å². The summed E-state index contributed by atoms with van der Waals surface area (Å²) in [6.45, 7) is 4.00. The van der Waals surface area contributed by atoms with E-state index in [-0.39, 0.29) is 41.6 Å². The molecule has 0 radical (unpaired) electrons. The van der Waals surface area contributed by atoms with E-state index in [1.807, 2.05) is 32.0 Å². The molecule has 1 aliphatic rings. The van der Waals surface area contributed by atoms with E-state index in [0.29, 0.717) is 16.4 Å². The Hall–Kier alpha value is -4.71. The summed E-state index contributed by atoms with van der Waals surface area (Å²) in [4.78, 5) is 54.7. The Morgan fingerprint density at radius 3 is 2.48 bits per heavy atom. The van der Waals surface area contributed by atoms with Gasteiger partial charge in [-0.1, -0.05) is 41.6 Å². The van der Waals surface area contributed by atoms with Gasteiger partial charge >= 0.3 is 5.97 Å². The third-order valence-electron chi connectivity index (χ3n) is 6.18. The number of amides is 2. The van der Waals surface area contributed by atoms with Crippen molar-refractivity contribution in [2.24, 2.45) is 4.99 Å². The highest BCUT2D eigenvalue weighted by Gasteiger charge is 2.39. The van der Waals surface area contributed by atoms with Gasteiger partial charge in [0.05, 0.1) is 35.9 Å². The second kappa shape index (κ2) is 12.0. The van der Waals surface area contributed by atoms with Crippen molar-refractivity contribution in [2.45, 2.75) is 32.1 Å². The number of rotatable bonds is 9. The molecule has 0 aliphatic carbocycles. The van der Waals surface area contributed by atoms with Crippen LogP contribution in [0.2, 0.25) is 0 Å². The molecule has 2 N–H and O–H groups in total. The van der Waals surface area contributed by atoms with Gasteiger partial charge in [0.25, 0.3) is 5.69 Å². The molecule has 1 atom stereocenters. The number of carbonyl (C=O) groups is 3. The molecule has 1 aliphatic heterocycles. The van der Waals surface area contributed by atoms with Crippen LogP contribution in [0.3, 0.4) is 0 Å². The zero-order chi connectivity index (χ0) is 29.0. The number of benzene rings is 3. The number of hydrogen-bond donors (Lipinski definition) is 2. The molecule has 2 amide bonds. The number of amidine groups is 1. The van der Waals surface area contributed by atoms with Gasteiger partial charge in [-0.05, 0) is 55.3 Å². The van der Waals surface area contributed by atoms with Crippen molar-refractivity contribution >= 4 is 51.8 Å². The van der Waals surface area contributed by atoms with Crippen molar-refractivity contribution in [3.05, 3.63) is 93.0 Å². The molecule has 0 aromatic heterocycles. The van der Waals surface area contributed by atoms with Crippen LogP contribution in [0.1, 0.15) is 33.5 Å². The van der Waals surface area contributed by atoms with Crippen LogP contribution < -0.4 is 10.1 Å². The zero-order valence-corrected chi connectivity index (χ0v) is 22.7. The number of aromatic carboxylic acids is 1. The predicted octanol–water partition coefficient (Wildman–Crippen LogP) is 5.08. The maximum Gasteiger partial charge on any atom is 0.335 e. The van der Waals surface area contributed by atoms with E-state index in [9.17, 15) is 29.6 Å². The lowest BCUT2D eigenvalue weighted by atomic mass is 10.1. The number of aryl methyl sites for hydroxylation is 2. The van der Waals surface area contributed by atoms with Crippen LogP contribution in [0.4, 0.5) is 17.1 Å². The molecule has 12 heteroatoms. The van der Waals surface area contributed by atoms with Gasteiger partial charge in [0, 0.05) is 6.42 Å². The second-order valence-corrected chi connectivity index (χ2v) is 10.3. The van der Waals surface area contributed by atoms with E-state index in [2.05, 4.69) is 5.32 Å². The molecule has 1 heterocycles. The summed E-state index contributed by atoms with van der Waals surface area (Å²) in [7, 11) is 1.38. The molecule has 0 bridgehead atoms. The summed E-state index contributed by atoms with van der Waals surface area (Å²) in [5, 5.41) is 22.8. The van der Waals surface area contributed by atoms with E-state index in [0.717, 1.165) is 22.9 Å². The maximum absolute atomic E-state index is 13.5. The summed E-state index contributed by atoms with van der Waals surface area (Å²) < 4.78 is 5.03. The van der Waals surface area contributed by atoms with E-state index >= 15 is 0 Å². The number of ether oxygens (including phenoxy) is 1. The van der Waals surface area contributed by atoms with Crippen molar-refractivity contribution in [3.63, 3.8) is 0 Å². The van der Waals surface area contributed by atoms with Crippen molar-refractivity contribution in [1.82, 2.24) is 4.90 Å². The first kappa shape index (κ1) is 28.3. The number of nitrogens with zero attached hydrogens (tertiary/aromatic N) is 3. The van der Waals surface area contributed by atoms with E-state index in [1.54, 1.807) is 12.1 Å². The van der Waals surface area contributed by atoms with E-state index in [4.69, 9.17) is 9.73 Å². The van der Waals surface area contributed by atoms with Gasteiger partial charge in [-0.2, -0.15) is 0 Å². The normalized spacial score (nSPS) is 15.8. The predicted molar refractivity (Wildman–Crippen MR) is 151 cm³/mol. The lowest BCUT2D eigenvalue weighted by Gasteiger charge is -2.17. The van der Waals surface area contributed by atoms with Crippen LogP contribution in [0.15, 0.2) is 65.7 Å².